The molecule has 4 rings (SSSR count). The molecule has 1 aliphatic heterocycles. The van der Waals surface area contributed by atoms with Gasteiger partial charge in [0.25, 0.3) is 5.91 Å². The van der Waals surface area contributed by atoms with Crippen LogP contribution in [0.3, 0.4) is 0 Å². The molecule has 0 bridgehead atoms. The number of methoxy groups -OCH3 is 1. The summed E-state index contributed by atoms with van der Waals surface area (Å²) >= 11 is 0. The number of anilines is 1. The van der Waals surface area contributed by atoms with Crippen molar-refractivity contribution in [1.29, 1.82) is 0 Å². The van der Waals surface area contributed by atoms with Crippen LogP contribution in [0.15, 0.2) is 72.8 Å². The highest BCUT2D eigenvalue weighted by atomic mass is 16.5. The van der Waals surface area contributed by atoms with Crippen LogP contribution in [-0.4, -0.2) is 24.5 Å². The first-order chi connectivity index (χ1) is 15.8. The number of hydrogen-bond donors (Lipinski definition) is 1. The summed E-state index contributed by atoms with van der Waals surface area (Å²) in [5.74, 6) is 0.742. The lowest BCUT2D eigenvalue weighted by Gasteiger charge is -2.44. The fraction of sp³-hybridized carbons (Fsp3) is 0.286. The minimum atomic E-state index is -1.06. The number of nitrogens with zero attached hydrogens (tertiary/aromatic N) is 1. The van der Waals surface area contributed by atoms with Crippen LogP contribution >= 0.6 is 0 Å². The van der Waals surface area contributed by atoms with Crippen LogP contribution in [0.25, 0.3) is 0 Å². The smallest absolute Gasteiger partial charge is 0.259 e. The third-order valence-corrected chi connectivity index (χ3v) is 6.38. The van der Waals surface area contributed by atoms with Gasteiger partial charge in [-0.25, -0.2) is 0 Å². The van der Waals surface area contributed by atoms with E-state index >= 15 is 0 Å². The van der Waals surface area contributed by atoms with Crippen molar-refractivity contribution in [1.82, 2.24) is 5.32 Å². The molecule has 5 heteroatoms. The molecule has 0 saturated heterocycles. The van der Waals surface area contributed by atoms with Gasteiger partial charge in [-0.1, -0.05) is 56.3 Å². The summed E-state index contributed by atoms with van der Waals surface area (Å²) in [7, 11) is 1.62. The van der Waals surface area contributed by atoms with Gasteiger partial charge in [-0.3, -0.25) is 14.5 Å². The lowest BCUT2D eigenvalue weighted by Crippen LogP contribution is -2.63. The van der Waals surface area contributed by atoms with Gasteiger partial charge in [0.1, 0.15) is 11.3 Å². The van der Waals surface area contributed by atoms with E-state index in [0.717, 1.165) is 28.1 Å². The molecule has 1 heterocycles. The van der Waals surface area contributed by atoms with E-state index in [0.29, 0.717) is 24.4 Å². The molecular weight excluding hydrogens is 412 g/mol. The van der Waals surface area contributed by atoms with Crippen LogP contribution in [0.2, 0.25) is 0 Å². The summed E-state index contributed by atoms with van der Waals surface area (Å²) in [6.07, 6.45) is 0.440. The van der Waals surface area contributed by atoms with Crippen molar-refractivity contribution >= 4 is 17.5 Å². The molecule has 170 valence electrons. The molecule has 1 atom stereocenters. The zero-order valence-electron chi connectivity index (χ0n) is 19.6. The van der Waals surface area contributed by atoms with E-state index in [2.05, 4.69) is 25.2 Å². The van der Waals surface area contributed by atoms with Crippen LogP contribution in [0, 0.1) is 0 Å². The summed E-state index contributed by atoms with van der Waals surface area (Å²) in [5, 5.41) is 3.06. The van der Waals surface area contributed by atoms with Crippen LogP contribution in [0.4, 0.5) is 5.69 Å². The maximum Gasteiger partial charge on any atom is 0.259 e. The van der Waals surface area contributed by atoms with E-state index in [9.17, 15) is 9.59 Å². The van der Waals surface area contributed by atoms with Crippen LogP contribution < -0.4 is 15.0 Å². The second-order valence-electron chi connectivity index (χ2n) is 9.03. The minimum absolute atomic E-state index is 0.153. The van der Waals surface area contributed by atoms with Gasteiger partial charge >= 0.3 is 0 Å². The standard InChI is InChI=1S/C28H30N2O3/c1-19(2)21-9-7-10-23(16-21)30-26(31)25-11-6-5-8-22(25)17-28(30,3)27(32)29-18-20-12-14-24(33-4)15-13-20/h5-16,19H,17-18H2,1-4H3,(H,29,32)/t28-/m1/s1. The Hall–Kier alpha value is -3.60. The monoisotopic (exact) mass is 442 g/mol. The van der Waals surface area contributed by atoms with Gasteiger partial charge in [0.15, 0.2) is 0 Å². The lowest BCUT2D eigenvalue weighted by atomic mass is 9.82. The SMILES string of the molecule is COc1ccc(CNC(=O)[C@@]2(C)Cc3ccccc3C(=O)N2c2cccc(C(C)C)c2)cc1. The Morgan fingerprint density at radius 1 is 1.06 bits per heavy atom. The van der Waals surface area contributed by atoms with Gasteiger partial charge in [0.05, 0.1) is 7.11 Å². The summed E-state index contributed by atoms with van der Waals surface area (Å²) in [6, 6.07) is 23.1. The van der Waals surface area contributed by atoms with Gasteiger partial charge in [0.2, 0.25) is 5.91 Å². The molecular formula is C28H30N2O3. The van der Waals surface area contributed by atoms with Crippen molar-refractivity contribution in [2.45, 2.75) is 45.2 Å². The molecule has 1 aliphatic rings. The number of hydrogen-bond acceptors (Lipinski definition) is 3. The average Bonchev–Trinajstić information content (AvgIpc) is 2.83. The van der Waals surface area contributed by atoms with E-state index in [1.54, 1.807) is 12.0 Å². The minimum Gasteiger partial charge on any atom is -0.497 e. The molecule has 0 spiro atoms. The Kier molecular flexibility index (Phi) is 6.23. The Bertz CT molecular complexity index is 1170. The number of nitrogens with one attached hydrogen (secondary N) is 1. The van der Waals surface area contributed by atoms with Crippen molar-refractivity contribution < 1.29 is 14.3 Å². The van der Waals surface area contributed by atoms with E-state index in [1.165, 1.54) is 0 Å². The Morgan fingerprint density at radius 3 is 2.48 bits per heavy atom. The molecule has 0 radical (unpaired) electrons. The molecule has 3 aromatic carbocycles. The quantitative estimate of drug-likeness (QED) is 0.578. The highest BCUT2D eigenvalue weighted by Crippen LogP contribution is 2.36. The van der Waals surface area contributed by atoms with Gasteiger partial charge in [-0.2, -0.15) is 0 Å². The second kappa shape index (κ2) is 9.10. The Labute approximate surface area is 195 Å². The van der Waals surface area contributed by atoms with Crippen molar-refractivity contribution in [3.8, 4) is 5.75 Å². The predicted molar refractivity (Wildman–Crippen MR) is 131 cm³/mol. The third-order valence-electron chi connectivity index (χ3n) is 6.38. The van der Waals surface area contributed by atoms with E-state index < -0.39 is 5.54 Å². The number of rotatable bonds is 6. The maximum atomic E-state index is 13.7. The van der Waals surface area contributed by atoms with E-state index in [4.69, 9.17) is 4.74 Å². The van der Waals surface area contributed by atoms with Gasteiger partial charge in [-0.15, -0.1) is 0 Å². The van der Waals surface area contributed by atoms with Crippen LogP contribution in [-0.2, 0) is 17.8 Å². The first kappa shape index (κ1) is 22.6. The summed E-state index contributed by atoms with van der Waals surface area (Å²) < 4.78 is 5.21. The molecule has 5 nitrogen and oxygen atoms in total. The zero-order chi connectivity index (χ0) is 23.6. The highest BCUT2D eigenvalue weighted by molar-refractivity contribution is 6.14. The average molecular weight is 443 g/mol. The highest BCUT2D eigenvalue weighted by Gasteiger charge is 2.47. The lowest BCUT2D eigenvalue weighted by molar-refractivity contribution is -0.126. The van der Waals surface area contributed by atoms with Gasteiger partial charge in [-0.05, 0) is 59.9 Å². The first-order valence-electron chi connectivity index (χ1n) is 11.3. The molecule has 0 aliphatic carbocycles. The van der Waals surface area contributed by atoms with E-state index in [1.807, 2.05) is 73.7 Å². The molecule has 2 amide bonds. The molecule has 0 aromatic heterocycles. The Morgan fingerprint density at radius 2 is 1.79 bits per heavy atom. The number of ether oxygens (including phenoxy) is 1. The molecule has 0 saturated carbocycles. The largest absolute Gasteiger partial charge is 0.497 e. The molecule has 33 heavy (non-hydrogen) atoms. The third kappa shape index (κ3) is 4.36. The molecule has 1 N–H and O–H groups in total. The van der Waals surface area contributed by atoms with Crippen molar-refractivity contribution in [3.05, 3.63) is 95.1 Å². The molecule has 0 unspecified atom stereocenters. The van der Waals surface area contributed by atoms with Crippen LogP contribution in [0.5, 0.6) is 5.75 Å². The fourth-order valence-corrected chi connectivity index (χ4v) is 4.40. The second-order valence-corrected chi connectivity index (χ2v) is 9.03. The van der Waals surface area contributed by atoms with Crippen molar-refractivity contribution in [2.75, 3.05) is 12.0 Å². The Balaban J connectivity index is 1.69. The number of carbonyl (C=O) groups is 2. The summed E-state index contributed by atoms with van der Waals surface area (Å²) in [4.78, 5) is 29.0. The van der Waals surface area contributed by atoms with Gasteiger partial charge < -0.3 is 10.1 Å². The van der Waals surface area contributed by atoms with Crippen molar-refractivity contribution in [2.24, 2.45) is 0 Å². The first-order valence-corrected chi connectivity index (χ1v) is 11.3. The predicted octanol–water partition coefficient (Wildman–Crippen LogP) is 5.10. The molecule has 0 fully saturated rings. The number of fused-ring (bicyclic) bond motifs is 1. The zero-order valence-corrected chi connectivity index (χ0v) is 19.6. The normalized spacial score (nSPS) is 17.6. The summed E-state index contributed by atoms with van der Waals surface area (Å²) in [6.45, 7) is 6.46. The summed E-state index contributed by atoms with van der Waals surface area (Å²) in [5.41, 5.74) is 3.30. The maximum absolute atomic E-state index is 13.7. The number of benzene rings is 3. The van der Waals surface area contributed by atoms with Crippen LogP contribution in [0.1, 0.15) is 53.7 Å². The fourth-order valence-electron chi connectivity index (χ4n) is 4.40. The van der Waals surface area contributed by atoms with E-state index in [-0.39, 0.29) is 11.8 Å². The van der Waals surface area contributed by atoms with Crippen molar-refractivity contribution in [3.63, 3.8) is 0 Å². The van der Waals surface area contributed by atoms with Gasteiger partial charge in [0, 0.05) is 24.2 Å². The number of carbonyl (C=O) groups excluding carboxylic acids is 2. The number of amides is 2. The topological polar surface area (TPSA) is 58.6 Å². The molecule has 3 aromatic rings.